The average molecular weight is 306 g/mol. The zero-order chi connectivity index (χ0) is 13.0. The molecular weight excluding hydrogens is 294 g/mol. The summed E-state index contributed by atoms with van der Waals surface area (Å²) in [7, 11) is 0. The van der Waals surface area contributed by atoms with Gasteiger partial charge in [-0.3, -0.25) is 9.78 Å². The van der Waals surface area contributed by atoms with E-state index in [4.69, 9.17) is 0 Å². The van der Waals surface area contributed by atoms with Crippen LogP contribution in [0.2, 0.25) is 0 Å². The largest absolute Gasteiger partial charge is 0.324 e. The standard InChI is InChI=1S/C13H12BrN3O/c1-9-5-11(8-16-13(9)14)17-12(18)6-10-3-2-4-15-7-10/h2-5,7-8H,6H2,1H3,(H,17,18). The predicted octanol–water partition coefficient (Wildman–Crippen LogP) is 2.73. The lowest BCUT2D eigenvalue weighted by molar-refractivity contribution is -0.115. The Morgan fingerprint density at radius 3 is 2.94 bits per heavy atom. The molecule has 0 bridgehead atoms. The molecule has 18 heavy (non-hydrogen) atoms. The first kappa shape index (κ1) is 12.7. The van der Waals surface area contributed by atoms with Crippen LogP contribution in [0, 0.1) is 6.92 Å². The van der Waals surface area contributed by atoms with Crippen LogP contribution in [0.4, 0.5) is 5.69 Å². The smallest absolute Gasteiger partial charge is 0.228 e. The van der Waals surface area contributed by atoms with Crippen LogP contribution >= 0.6 is 15.9 Å². The van der Waals surface area contributed by atoms with Crippen molar-refractivity contribution in [2.24, 2.45) is 0 Å². The lowest BCUT2D eigenvalue weighted by Gasteiger charge is -2.06. The maximum Gasteiger partial charge on any atom is 0.228 e. The van der Waals surface area contributed by atoms with E-state index in [0.717, 1.165) is 15.7 Å². The Kier molecular flexibility index (Phi) is 4.04. The summed E-state index contributed by atoms with van der Waals surface area (Å²) in [6.07, 6.45) is 5.30. The number of halogens is 1. The summed E-state index contributed by atoms with van der Waals surface area (Å²) >= 11 is 3.32. The van der Waals surface area contributed by atoms with E-state index in [9.17, 15) is 4.79 Å². The molecule has 2 heterocycles. The summed E-state index contributed by atoms with van der Waals surface area (Å²) in [4.78, 5) is 19.9. The summed E-state index contributed by atoms with van der Waals surface area (Å²) in [6.45, 7) is 1.92. The minimum Gasteiger partial charge on any atom is -0.324 e. The van der Waals surface area contributed by atoms with Gasteiger partial charge in [0.1, 0.15) is 4.60 Å². The molecule has 0 aliphatic heterocycles. The molecule has 0 spiro atoms. The van der Waals surface area contributed by atoms with Crippen molar-refractivity contribution < 1.29 is 4.79 Å². The van der Waals surface area contributed by atoms with Crippen LogP contribution in [-0.2, 0) is 11.2 Å². The van der Waals surface area contributed by atoms with Crippen molar-refractivity contribution in [1.82, 2.24) is 9.97 Å². The fraction of sp³-hybridized carbons (Fsp3) is 0.154. The third-order valence-electron chi connectivity index (χ3n) is 2.39. The zero-order valence-electron chi connectivity index (χ0n) is 9.85. The number of hydrogen-bond acceptors (Lipinski definition) is 3. The highest BCUT2D eigenvalue weighted by Crippen LogP contribution is 2.16. The minimum absolute atomic E-state index is 0.0773. The summed E-state index contributed by atoms with van der Waals surface area (Å²) in [6, 6.07) is 5.56. The van der Waals surface area contributed by atoms with Gasteiger partial charge in [-0.2, -0.15) is 0 Å². The van der Waals surface area contributed by atoms with Crippen molar-refractivity contribution in [3.05, 3.63) is 52.5 Å². The lowest BCUT2D eigenvalue weighted by Crippen LogP contribution is -2.14. The molecule has 0 unspecified atom stereocenters. The van der Waals surface area contributed by atoms with Gasteiger partial charge in [-0.1, -0.05) is 6.07 Å². The van der Waals surface area contributed by atoms with E-state index in [-0.39, 0.29) is 5.91 Å². The SMILES string of the molecule is Cc1cc(NC(=O)Cc2cccnc2)cnc1Br. The van der Waals surface area contributed by atoms with Crippen LogP contribution in [0.3, 0.4) is 0 Å². The Balaban J connectivity index is 2.01. The number of pyridine rings is 2. The number of aryl methyl sites for hydroxylation is 1. The van der Waals surface area contributed by atoms with Gasteiger partial charge in [-0.15, -0.1) is 0 Å². The molecule has 0 fully saturated rings. The van der Waals surface area contributed by atoms with Crippen molar-refractivity contribution in [1.29, 1.82) is 0 Å². The number of nitrogens with zero attached hydrogens (tertiary/aromatic N) is 2. The third kappa shape index (κ3) is 3.37. The van der Waals surface area contributed by atoms with E-state index in [1.165, 1.54) is 0 Å². The highest BCUT2D eigenvalue weighted by atomic mass is 79.9. The highest BCUT2D eigenvalue weighted by molar-refractivity contribution is 9.10. The number of rotatable bonds is 3. The predicted molar refractivity (Wildman–Crippen MR) is 73.2 cm³/mol. The average Bonchev–Trinajstić information content (AvgIpc) is 2.35. The fourth-order valence-electron chi connectivity index (χ4n) is 1.52. The maximum absolute atomic E-state index is 11.8. The fourth-order valence-corrected chi connectivity index (χ4v) is 1.74. The summed E-state index contributed by atoms with van der Waals surface area (Å²) in [5, 5.41) is 2.81. The van der Waals surface area contributed by atoms with Crippen LogP contribution in [0.5, 0.6) is 0 Å². The number of carbonyl (C=O) groups excluding carboxylic acids is 1. The summed E-state index contributed by atoms with van der Waals surface area (Å²) < 4.78 is 0.785. The molecular formula is C13H12BrN3O. The minimum atomic E-state index is -0.0773. The molecule has 1 amide bonds. The van der Waals surface area contributed by atoms with Crippen LogP contribution in [0.1, 0.15) is 11.1 Å². The Morgan fingerprint density at radius 2 is 2.28 bits per heavy atom. The monoisotopic (exact) mass is 305 g/mol. The van der Waals surface area contributed by atoms with Gasteiger partial charge in [-0.25, -0.2) is 4.98 Å². The number of anilines is 1. The number of amides is 1. The Morgan fingerprint density at radius 1 is 1.44 bits per heavy atom. The molecule has 0 aliphatic rings. The molecule has 0 radical (unpaired) electrons. The first-order valence-electron chi connectivity index (χ1n) is 5.46. The van der Waals surface area contributed by atoms with Gasteiger partial charge in [-0.05, 0) is 46.1 Å². The van der Waals surface area contributed by atoms with Crippen LogP contribution < -0.4 is 5.32 Å². The quantitative estimate of drug-likeness (QED) is 0.887. The number of carbonyl (C=O) groups is 1. The molecule has 5 heteroatoms. The Labute approximate surface area is 114 Å². The Hall–Kier alpha value is -1.75. The highest BCUT2D eigenvalue weighted by Gasteiger charge is 2.05. The van der Waals surface area contributed by atoms with Gasteiger partial charge in [0.15, 0.2) is 0 Å². The van der Waals surface area contributed by atoms with Gasteiger partial charge in [0.25, 0.3) is 0 Å². The van der Waals surface area contributed by atoms with Crippen LogP contribution in [0.25, 0.3) is 0 Å². The molecule has 0 saturated heterocycles. The van der Waals surface area contributed by atoms with Gasteiger partial charge in [0.2, 0.25) is 5.91 Å². The molecule has 1 N–H and O–H groups in total. The van der Waals surface area contributed by atoms with Crippen molar-refractivity contribution in [3.8, 4) is 0 Å². The molecule has 2 rings (SSSR count). The second-order valence-electron chi connectivity index (χ2n) is 3.92. The van der Waals surface area contributed by atoms with Crippen molar-refractivity contribution >= 4 is 27.5 Å². The topological polar surface area (TPSA) is 54.9 Å². The third-order valence-corrected chi connectivity index (χ3v) is 3.22. The van der Waals surface area contributed by atoms with Gasteiger partial charge in [0, 0.05) is 12.4 Å². The Bertz CT molecular complexity index is 557. The van der Waals surface area contributed by atoms with Gasteiger partial charge in [0.05, 0.1) is 18.3 Å². The van der Waals surface area contributed by atoms with Crippen molar-refractivity contribution in [2.75, 3.05) is 5.32 Å². The van der Waals surface area contributed by atoms with Crippen LogP contribution in [-0.4, -0.2) is 15.9 Å². The number of aromatic nitrogens is 2. The van der Waals surface area contributed by atoms with Gasteiger partial charge >= 0.3 is 0 Å². The van der Waals surface area contributed by atoms with E-state index < -0.39 is 0 Å². The molecule has 0 aromatic carbocycles. The first-order chi connectivity index (χ1) is 8.65. The van der Waals surface area contributed by atoms with E-state index in [1.54, 1.807) is 18.6 Å². The molecule has 0 atom stereocenters. The molecule has 0 saturated carbocycles. The molecule has 2 aromatic heterocycles. The van der Waals surface area contributed by atoms with Crippen LogP contribution in [0.15, 0.2) is 41.4 Å². The summed E-state index contributed by atoms with van der Waals surface area (Å²) in [5.74, 6) is -0.0773. The maximum atomic E-state index is 11.8. The van der Waals surface area contributed by atoms with Crippen molar-refractivity contribution in [2.45, 2.75) is 13.3 Å². The molecule has 2 aromatic rings. The first-order valence-corrected chi connectivity index (χ1v) is 6.25. The number of hydrogen-bond donors (Lipinski definition) is 1. The van der Waals surface area contributed by atoms with E-state index in [1.807, 2.05) is 25.1 Å². The lowest BCUT2D eigenvalue weighted by atomic mass is 10.2. The van der Waals surface area contributed by atoms with Crippen molar-refractivity contribution in [3.63, 3.8) is 0 Å². The van der Waals surface area contributed by atoms with E-state index >= 15 is 0 Å². The molecule has 0 aliphatic carbocycles. The summed E-state index contributed by atoms with van der Waals surface area (Å²) in [5.41, 5.74) is 2.57. The van der Waals surface area contributed by atoms with E-state index in [2.05, 4.69) is 31.2 Å². The van der Waals surface area contributed by atoms with Gasteiger partial charge < -0.3 is 5.32 Å². The second kappa shape index (κ2) is 5.73. The second-order valence-corrected chi connectivity index (χ2v) is 4.67. The normalized spacial score (nSPS) is 10.1. The molecule has 92 valence electrons. The number of nitrogens with one attached hydrogen (secondary N) is 1. The molecule has 4 nitrogen and oxygen atoms in total. The van der Waals surface area contributed by atoms with E-state index in [0.29, 0.717) is 12.1 Å². The zero-order valence-corrected chi connectivity index (χ0v) is 11.4.